The average molecular weight is 503 g/mol. The molecule has 0 radical (unpaired) electrons. The first-order chi connectivity index (χ1) is 18.0. The number of aromatic nitrogens is 2. The summed E-state index contributed by atoms with van der Waals surface area (Å²) in [4.78, 5) is 30.4. The Labute approximate surface area is 218 Å². The van der Waals surface area contributed by atoms with Crippen molar-refractivity contribution in [3.8, 4) is 0 Å². The second kappa shape index (κ2) is 11.4. The smallest absolute Gasteiger partial charge is 0.305 e. The number of aliphatic carboxylic acids is 1. The van der Waals surface area contributed by atoms with Crippen LogP contribution in [0.3, 0.4) is 0 Å². The van der Waals surface area contributed by atoms with Crippen LogP contribution in [0.15, 0.2) is 42.6 Å². The van der Waals surface area contributed by atoms with Crippen LogP contribution in [0, 0.1) is 6.92 Å². The van der Waals surface area contributed by atoms with E-state index in [-0.39, 0.29) is 12.3 Å². The first-order valence-corrected chi connectivity index (χ1v) is 13.9. The molecular formula is C30H38N4O3. The zero-order chi connectivity index (χ0) is 25.8. The van der Waals surface area contributed by atoms with Crippen LogP contribution in [0.25, 0.3) is 5.65 Å². The number of carboxylic acid groups (broad SMARTS) is 1. The van der Waals surface area contributed by atoms with Crippen LogP contribution in [0.2, 0.25) is 0 Å². The number of rotatable bonds is 8. The Hall–Kier alpha value is -3.35. The number of carboxylic acids is 1. The third-order valence-electron chi connectivity index (χ3n) is 7.99. The number of carbonyl (C=O) groups excluding carboxylic acids is 1. The van der Waals surface area contributed by atoms with E-state index in [1.54, 1.807) is 6.07 Å². The van der Waals surface area contributed by atoms with Gasteiger partial charge in [-0.1, -0.05) is 68.4 Å². The van der Waals surface area contributed by atoms with E-state index in [1.807, 2.05) is 47.9 Å². The summed E-state index contributed by atoms with van der Waals surface area (Å²) in [7, 11) is 0. The van der Waals surface area contributed by atoms with E-state index in [9.17, 15) is 14.7 Å². The summed E-state index contributed by atoms with van der Waals surface area (Å²) in [6.07, 6.45) is 13.8. The molecule has 0 spiro atoms. The normalized spacial score (nSPS) is 18.0. The minimum Gasteiger partial charge on any atom is -0.481 e. The van der Waals surface area contributed by atoms with Crippen LogP contribution in [0.1, 0.15) is 110 Å². The number of anilines is 1. The average Bonchev–Trinajstić information content (AvgIpc) is 3.27. The molecule has 2 saturated carbocycles. The number of aryl methyl sites for hydroxylation is 1. The molecule has 0 saturated heterocycles. The molecule has 2 aliphatic rings. The summed E-state index contributed by atoms with van der Waals surface area (Å²) in [6.45, 7) is 1.96. The number of amides is 1. The molecule has 1 amide bonds. The Bertz CT molecular complexity index is 1250. The van der Waals surface area contributed by atoms with E-state index < -0.39 is 12.0 Å². The van der Waals surface area contributed by atoms with Crippen molar-refractivity contribution in [3.05, 3.63) is 65.0 Å². The Morgan fingerprint density at radius 3 is 2.46 bits per heavy atom. The zero-order valence-electron chi connectivity index (χ0n) is 21.7. The van der Waals surface area contributed by atoms with Crippen molar-refractivity contribution >= 4 is 23.3 Å². The zero-order valence-corrected chi connectivity index (χ0v) is 21.7. The molecule has 7 nitrogen and oxygen atoms in total. The highest BCUT2D eigenvalue weighted by Crippen LogP contribution is 2.38. The molecule has 1 atom stereocenters. The first-order valence-electron chi connectivity index (χ1n) is 13.9. The highest BCUT2D eigenvalue weighted by molar-refractivity contribution is 6.00. The van der Waals surface area contributed by atoms with Gasteiger partial charge in [-0.05, 0) is 50.3 Å². The number of benzene rings is 1. The van der Waals surface area contributed by atoms with Crippen LogP contribution in [0.5, 0.6) is 0 Å². The number of carbonyl (C=O) groups is 2. The van der Waals surface area contributed by atoms with Crippen molar-refractivity contribution in [3.63, 3.8) is 0 Å². The molecule has 5 rings (SSSR count). The minimum atomic E-state index is -0.954. The maximum absolute atomic E-state index is 13.6. The standard InChI is InChI=1S/C30H38N4O3/c1-20-10-8-13-22(18-20)25(19-26(35)36)32-30(37)24-16-9-17-34-28(24)33-27(21-11-4-2-5-12-21)29(34)31-23-14-6-3-7-15-23/h8-10,13,16-18,21,23,25,31H,2-7,11-12,14-15,19H2,1H3,(H,32,37)(H,35,36). The van der Waals surface area contributed by atoms with Crippen molar-refractivity contribution in [2.75, 3.05) is 5.32 Å². The first kappa shape index (κ1) is 25.3. The summed E-state index contributed by atoms with van der Waals surface area (Å²) in [5, 5.41) is 16.4. The van der Waals surface area contributed by atoms with Gasteiger partial charge in [0.1, 0.15) is 5.82 Å². The van der Waals surface area contributed by atoms with Gasteiger partial charge in [-0.15, -0.1) is 0 Å². The van der Waals surface area contributed by atoms with Gasteiger partial charge in [0.05, 0.1) is 23.7 Å². The van der Waals surface area contributed by atoms with E-state index in [1.165, 1.54) is 38.5 Å². The second-order valence-corrected chi connectivity index (χ2v) is 10.8. The molecule has 0 aliphatic heterocycles. The quantitative estimate of drug-likeness (QED) is 0.332. The lowest BCUT2D eigenvalue weighted by molar-refractivity contribution is -0.137. The number of fused-ring (bicyclic) bond motifs is 1. The molecule has 2 aromatic heterocycles. The maximum atomic E-state index is 13.6. The van der Waals surface area contributed by atoms with Gasteiger partial charge in [0.15, 0.2) is 5.65 Å². The number of hydrogen-bond donors (Lipinski definition) is 3. The second-order valence-electron chi connectivity index (χ2n) is 10.8. The molecule has 2 fully saturated rings. The molecule has 3 N–H and O–H groups in total. The van der Waals surface area contributed by atoms with Crippen molar-refractivity contribution in [2.24, 2.45) is 0 Å². The molecule has 2 aliphatic carbocycles. The summed E-state index contributed by atoms with van der Waals surface area (Å²) in [5.74, 6) is 0.166. The molecule has 0 bridgehead atoms. The monoisotopic (exact) mass is 502 g/mol. The van der Waals surface area contributed by atoms with Gasteiger partial charge in [-0.25, -0.2) is 4.98 Å². The molecule has 196 valence electrons. The molecule has 2 heterocycles. The number of hydrogen-bond acceptors (Lipinski definition) is 4. The van der Waals surface area contributed by atoms with Crippen molar-refractivity contribution < 1.29 is 14.7 Å². The lowest BCUT2D eigenvalue weighted by Gasteiger charge is -2.26. The molecule has 1 aromatic carbocycles. The Morgan fingerprint density at radius 1 is 1.03 bits per heavy atom. The van der Waals surface area contributed by atoms with Crippen molar-refractivity contribution in [1.29, 1.82) is 0 Å². The number of nitrogens with zero attached hydrogens (tertiary/aromatic N) is 2. The Balaban J connectivity index is 1.50. The van der Waals surface area contributed by atoms with Gasteiger partial charge in [0.2, 0.25) is 0 Å². The van der Waals surface area contributed by atoms with E-state index in [4.69, 9.17) is 4.98 Å². The SMILES string of the molecule is Cc1cccc(C(CC(=O)O)NC(=O)c2cccn3c(NC4CCCCC4)c(C4CCCCC4)nc23)c1. The number of imidazole rings is 1. The van der Waals surface area contributed by atoms with Gasteiger partial charge in [-0.3, -0.25) is 14.0 Å². The predicted octanol–water partition coefficient (Wildman–Crippen LogP) is 6.38. The van der Waals surface area contributed by atoms with E-state index in [0.29, 0.717) is 23.2 Å². The van der Waals surface area contributed by atoms with E-state index in [0.717, 1.165) is 48.3 Å². The molecule has 37 heavy (non-hydrogen) atoms. The van der Waals surface area contributed by atoms with Crippen LogP contribution in [-0.4, -0.2) is 32.4 Å². The van der Waals surface area contributed by atoms with Gasteiger partial charge < -0.3 is 15.7 Å². The summed E-state index contributed by atoms with van der Waals surface area (Å²) >= 11 is 0. The summed E-state index contributed by atoms with van der Waals surface area (Å²) < 4.78 is 2.05. The summed E-state index contributed by atoms with van der Waals surface area (Å²) in [5.41, 5.74) is 3.99. The third kappa shape index (κ3) is 5.81. The van der Waals surface area contributed by atoms with Gasteiger partial charge in [0, 0.05) is 18.2 Å². The minimum absolute atomic E-state index is 0.186. The molecule has 1 unspecified atom stereocenters. The largest absolute Gasteiger partial charge is 0.481 e. The number of nitrogens with one attached hydrogen (secondary N) is 2. The van der Waals surface area contributed by atoms with Crippen molar-refractivity contribution in [1.82, 2.24) is 14.7 Å². The molecular weight excluding hydrogens is 464 g/mol. The van der Waals surface area contributed by atoms with E-state index >= 15 is 0 Å². The van der Waals surface area contributed by atoms with E-state index in [2.05, 4.69) is 10.6 Å². The lowest BCUT2D eigenvalue weighted by atomic mass is 9.86. The maximum Gasteiger partial charge on any atom is 0.305 e. The van der Waals surface area contributed by atoms with Crippen molar-refractivity contribution in [2.45, 2.75) is 95.6 Å². The number of pyridine rings is 1. The fraction of sp³-hybridized carbons (Fsp3) is 0.500. The fourth-order valence-electron chi connectivity index (χ4n) is 6.06. The van der Waals surface area contributed by atoms with Crippen LogP contribution >= 0.6 is 0 Å². The van der Waals surface area contributed by atoms with Gasteiger partial charge >= 0.3 is 5.97 Å². The van der Waals surface area contributed by atoms with Gasteiger partial charge in [-0.2, -0.15) is 0 Å². The molecule has 7 heteroatoms. The Kier molecular flexibility index (Phi) is 7.77. The topological polar surface area (TPSA) is 95.7 Å². The highest BCUT2D eigenvalue weighted by atomic mass is 16.4. The van der Waals surface area contributed by atoms with Crippen LogP contribution in [0.4, 0.5) is 5.82 Å². The predicted molar refractivity (Wildman–Crippen MR) is 145 cm³/mol. The van der Waals surface area contributed by atoms with Crippen LogP contribution < -0.4 is 10.6 Å². The summed E-state index contributed by atoms with van der Waals surface area (Å²) in [6, 6.07) is 11.1. The highest BCUT2D eigenvalue weighted by Gasteiger charge is 2.28. The lowest BCUT2D eigenvalue weighted by Crippen LogP contribution is -2.30. The Morgan fingerprint density at radius 2 is 1.76 bits per heavy atom. The third-order valence-corrected chi connectivity index (χ3v) is 7.99. The van der Waals surface area contributed by atoms with Gasteiger partial charge in [0.25, 0.3) is 5.91 Å². The van der Waals surface area contributed by atoms with Crippen LogP contribution in [-0.2, 0) is 4.79 Å². The fourth-order valence-corrected chi connectivity index (χ4v) is 6.06. The molecule has 3 aromatic rings.